The van der Waals surface area contributed by atoms with Crippen LogP contribution in [0.15, 0.2) is 64.7 Å². The maximum Gasteiger partial charge on any atom is 0.209 e. The molecule has 2 rings (SSSR count). The van der Waals surface area contributed by atoms with E-state index in [9.17, 15) is 4.79 Å². The summed E-state index contributed by atoms with van der Waals surface area (Å²) in [6.45, 7) is 6.21. The maximum absolute atomic E-state index is 10.9. The van der Waals surface area contributed by atoms with Crippen molar-refractivity contribution in [2.45, 2.75) is 20.4 Å². The van der Waals surface area contributed by atoms with Crippen LogP contribution in [0, 0.1) is 0 Å². The first-order chi connectivity index (χ1) is 12.7. The molecule has 0 unspecified atom stereocenters. The molecule has 0 spiro atoms. The molecular weight excluding hydrogens is 326 g/mol. The van der Waals surface area contributed by atoms with Crippen molar-refractivity contribution >= 4 is 18.1 Å². The van der Waals surface area contributed by atoms with Gasteiger partial charge in [-0.1, -0.05) is 54.6 Å². The van der Waals surface area contributed by atoms with Crippen LogP contribution in [-0.4, -0.2) is 36.1 Å². The van der Waals surface area contributed by atoms with Crippen LogP contribution in [0.3, 0.4) is 0 Å². The Morgan fingerprint density at radius 3 is 2.31 bits per heavy atom. The predicted molar refractivity (Wildman–Crippen MR) is 106 cm³/mol. The number of nitrogens with one attached hydrogen (secondary N) is 1. The molecule has 6 heteroatoms. The van der Waals surface area contributed by atoms with Gasteiger partial charge in [-0.2, -0.15) is 5.10 Å². The van der Waals surface area contributed by atoms with Crippen molar-refractivity contribution in [3.05, 3.63) is 71.3 Å². The molecule has 0 aliphatic heterocycles. The minimum Gasteiger partial charge on any atom is -0.369 e. The van der Waals surface area contributed by atoms with Crippen molar-refractivity contribution in [1.82, 2.24) is 10.3 Å². The summed E-state index contributed by atoms with van der Waals surface area (Å²) in [5, 5.41) is 4.45. The number of hydrazone groups is 1. The largest absolute Gasteiger partial charge is 0.369 e. The number of carbonyl (C=O) groups excluding carboxylic acids is 1. The van der Waals surface area contributed by atoms with Gasteiger partial charge in [-0.3, -0.25) is 4.79 Å². The molecule has 26 heavy (non-hydrogen) atoms. The molecular formula is C20H25N5O. The van der Waals surface area contributed by atoms with Gasteiger partial charge in [0.15, 0.2) is 5.84 Å². The number of aldehydes is 1. The Morgan fingerprint density at radius 1 is 1.08 bits per heavy atom. The van der Waals surface area contributed by atoms with Crippen molar-refractivity contribution in [3.8, 4) is 0 Å². The number of guanidine groups is 1. The SMILES string of the molecule is CCN(CC)C(=NNC(N)=NCc1ccccc1)c1ccc(C=O)cc1. The first-order valence-electron chi connectivity index (χ1n) is 8.66. The second-order valence-corrected chi connectivity index (χ2v) is 5.65. The van der Waals surface area contributed by atoms with E-state index in [0.717, 1.165) is 36.3 Å². The minimum atomic E-state index is 0.253. The fourth-order valence-electron chi connectivity index (χ4n) is 2.46. The van der Waals surface area contributed by atoms with Gasteiger partial charge in [0.1, 0.15) is 6.29 Å². The lowest BCUT2D eigenvalue weighted by molar-refractivity contribution is 0.112. The van der Waals surface area contributed by atoms with Gasteiger partial charge in [-0.15, -0.1) is 0 Å². The van der Waals surface area contributed by atoms with E-state index in [2.05, 4.69) is 34.3 Å². The summed E-state index contributed by atoms with van der Waals surface area (Å²) in [7, 11) is 0. The summed E-state index contributed by atoms with van der Waals surface area (Å²) in [4.78, 5) is 17.3. The third-order valence-corrected chi connectivity index (χ3v) is 3.92. The molecule has 2 aromatic rings. The number of hydrogen-bond donors (Lipinski definition) is 2. The van der Waals surface area contributed by atoms with Gasteiger partial charge in [-0.05, 0) is 19.4 Å². The van der Waals surface area contributed by atoms with Crippen LogP contribution in [-0.2, 0) is 6.54 Å². The van der Waals surface area contributed by atoms with Crippen LogP contribution in [0.2, 0.25) is 0 Å². The third kappa shape index (κ3) is 5.44. The van der Waals surface area contributed by atoms with Crippen LogP contribution < -0.4 is 11.2 Å². The standard InChI is InChI=1S/C20H25N5O/c1-3-25(4-2)19(18-12-10-17(15-26)11-13-18)23-24-20(21)22-14-16-8-6-5-7-9-16/h5-13,15H,3-4,14H2,1-2H3,(H3,21,22,24). The highest BCUT2D eigenvalue weighted by Crippen LogP contribution is 2.08. The normalized spacial score (nSPS) is 11.9. The average molecular weight is 351 g/mol. The molecule has 0 aromatic heterocycles. The zero-order chi connectivity index (χ0) is 18.8. The van der Waals surface area contributed by atoms with E-state index in [4.69, 9.17) is 5.73 Å². The number of hydrogen-bond acceptors (Lipinski definition) is 3. The van der Waals surface area contributed by atoms with E-state index in [0.29, 0.717) is 12.1 Å². The number of amidine groups is 1. The highest BCUT2D eigenvalue weighted by atomic mass is 16.1. The fourth-order valence-corrected chi connectivity index (χ4v) is 2.46. The number of nitrogens with zero attached hydrogens (tertiary/aromatic N) is 3. The Balaban J connectivity index is 2.16. The Hall–Kier alpha value is -3.15. The summed E-state index contributed by atoms with van der Waals surface area (Å²) >= 11 is 0. The molecule has 6 nitrogen and oxygen atoms in total. The van der Waals surface area contributed by atoms with Crippen molar-refractivity contribution < 1.29 is 4.79 Å². The second kappa shape index (κ2) is 9.98. The van der Waals surface area contributed by atoms with Crippen LogP contribution >= 0.6 is 0 Å². The predicted octanol–water partition coefficient (Wildman–Crippen LogP) is 2.61. The zero-order valence-electron chi connectivity index (χ0n) is 15.2. The van der Waals surface area contributed by atoms with Crippen molar-refractivity contribution in [1.29, 1.82) is 0 Å². The average Bonchev–Trinajstić information content (AvgIpc) is 2.70. The lowest BCUT2D eigenvalue weighted by Crippen LogP contribution is -2.36. The molecule has 2 aromatic carbocycles. The second-order valence-electron chi connectivity index (χ2n) is 5.65. The molecule has 0 fully saturated rings. The molecule has 0 saturated heterocycles. The smallest absolute Gasteiger partial charge is 0.209 e. The lowest BCUT2D eigenvalue weighted by atomic mass is 10.1. The highest BCUT2D eigenvalue weighted by molar-refractivity contribution is 5.99. The van der Waals surface area contributed by atoms with Crippen molar-refractivity contribution in [2.75, 3.05) is 13.1 Å². The molecule has 0 aliphatic rings. The first-order valence-corrected chi connectivity index (χ1v) is 8.66. The van der Waals surface area contributed by atoms with E-state index in [1.807, 2.05) is 42.5 Å². The minimum absolute atomic E-state index is 0.253. The van der Waals surface area contributed by atoms with E-state index in [1.54, 1.807) is 12.1 Å². The number of carbonyl (C=O) groups is 1. The Labute approximate surface area is 154 Å². The number of rotatable bonds is 7. The van der Waals surface area contributed by atoms with E-state index in [-0.39, 0.29) is 5.96 Å². The molecule has 3 N–H and O–H groups in total. The number of aliphatic imine (C=N–C) groups is 1. The molecule has 0 radical (unpaired) electrons. The summed E-state index contributed by atoms with van der Waals surface area (Å²) < 4.78 is 0. The summed E-state index contributed by atoms with van der Waals surface area (Å²) in [6, 6.07) is 17.2. The number of nitrogens with two attached hydrogens (primary N) is 1. The Kier molecular flexibility index (Phi) is 7.36. The van der Waals surface area contributed by atoms with Gasteiger partial charge in [0.25, 0.3) is 0 Å². The quantitative estimate of drug-likeness (QED) is 0.348. The van der Waals surface area contributed by atoms with Gasteiger partial charge in [0.2, 0.25) is 5.96 Å². The fraction of sp³-hybridized carbons (Fsp3) is 0.250. The topological polar surface area (TPSA) is 83.1 Å². The summed E-state index contributed by atoms with van der Waals surface area (Å²) in [6.07, 6.45) is 0.824. The zero-order valence-corrected chi connectivity index (χ0v) is 15.2. The van der Waals surface area contributed by atoms with Crippen LogP contribution in [0.25, 0.3) is 0 Å². The van der Waals surface area contributed by atoms with Gasteiger partial charge < -0.3 is 10.6 Å². The number of benzene rings is 2. The molecule has 0 bridgehead atoms. The van der Waals surface area contributed by atoms with Gasteiger partial charge in [-0.25, -0.2) is 10.4 Å². The first kappa shape index (κ1) is 19.2. The molecule has 0 aliphatic carbocycles. The molecule has 136 valence electrons. The highest BCUT2D eigenvalue weighted by Gasteiger charge is 2.11. The van der Waals surface area contributed by atoms with Gasteiger partial charge in [0, 0.05) is 24.2 Å². The van der Waals surface area contributed by atoms with Gasteiger partial charge >= 0.3 is 0 Å². The van der Waals surface area contributed by atoms with Gasteiger partial charge in [0.05, 0.1) is 6.54 Å². The Morgan fingerprint density at radius 2 is 1.73 bits per heavy atom. The lowest BCUT2D eigenvalue weighted by Gasteiger charge is -2.23. The maximum atomic E-state index is 10.9. The van der Waals surface area contributed by atoms with E-state index >= 15 is 0 Å². The van der Waals surface area contributed by atoms with Crippen molar-refractivity contribution in [3.63, 3.8) is 0 Å². The van der Waals surface area contributed by atoms with E-state index < -0.39 is 0 Å². The Bertz CT molecular complexity index is 750. The van der Waals surface area contributed by atoms with Crippen LogP contribution in [0.5, 0.6) is 0 Å². The monoisotopic (exact) mass is 351 g/mol. The molecule has 0 atom stereocenters. The summed E-state index contributed by atoms with van der Waals surface area (Å²) in [5.74, 6) is 1.01. The van der Waals surface area contributed by atoms with E-state index in [1.165, 1.54) is 0 Å². The van der Waals surface area contributed by atoms with Crippen LogP contribution in [0.4, 0.5) is 0 Å². The molecule has 0 heterocycles. The van der Waals surface area contributed by atoms with Crippen LogP contribution in [0.1, 0.15) is 35.3 Å². The third-order valence-electron chi connectivity index (χ3n) is 3.92. The molecule has 0 amide bonds. The molecule has 0 saturated carbocycles. The van der Waals surface area contributed by atoms with Crippen molar-refractivity contribution in [2.24, 2.45) is 15.8 Å². The summed E-state index contributed by atoms with van der Waals surface area (Å²) in [5.41, 5.74) is 11.4.